The average Bonchev–Trinajstić information content (AvgIpc) is 3.09. The third-order valence-corrected chi connectivity index (χ3v) is 6.20. The van der Waals surface area contributed by atoms with Gasteiger partial charge in [-0.2, -0.15) is 0 Å². The van der Waals surface area contributed by atoms with Gasteiger partial charge in [0.2, 0.25) is 0 Å². The fourth-order valence-corrected chi connectivity index (χ4v) is 4.48. The van der Waals surface area contributed by atoms with E-state index in [9.17, 15) is 4.79 Å². The minimum absolute atomic E-state index is 0.731. The van der Waals surface area contributed by atoms with Gasteiger partial charge >= 0.3 is 142 Å². The summed E-state index contributed by atoms with van der Waals surface area (Å²) < 4.78 is 3.32. The molecule has 0 radical (unpaired) electrons. The van der Waals surface area contributed by atoms with Crippen molar-refractivity contribution in [1.29, 1.82) is 0 Å². The van der Waals surface area contributed by atoms with Crippen LogP contribution in [0.1, 0.15) is 9.67 Å². The number of aldehydes is 1. The SMILES string of the molecule is O=Cc1cc2cc(-c3ccc4c(c3)nc[n]4[Tl])ccc2s1. The van der Waals surface area contributed by atoms with Crippen molar-refractivity contribution < 1.29 is 4.79 Å². The number of rotatable bonds is 2. The summed E-state index contributed by atoms with van der Waals surface area (Å²) in [6.45, 7) is 0. The van der Waals surface area contributed by atoms with Gasteiger partial charge in [0.15, 0.2) is 0 Å². The van der Waals surface area contributed by atoms with Crippen LogP contribution in [0.5, 0.6) is 0 Å². The van der Waals surface area contributed by atoms with Crippen LogP contribution in [0, 0.1) is 0 Å². The quantitative estimate of drug-likeness (QED) is 0.324. The van der Waals surface area contributed by atoms with Crippen molar-refractivity contribution >= 4 is 64.8 Å². The van der Waals surface area contributed by atoms with Crippen LogP contribution in [-0.2, 0) is 0 Å². The summed E-state index contributed by atoms with van der Waals surface area (Å²) in [5.41, 5.74) is 4.55. The van der Waals surface area contributed by atoms with Crippen LogP contribution in [0.2, 0.25) is 0 Å². The van der Waals surface area contributed by atoms with E-state index in [1.165, 1.54) is 16.9 Å². The van der Waals surface area contributed by atoms with Gasteiger partial charge in [-0.25, -0.2) is 0 Å². The van der Waals surface area contributed by atoms with Crippen molar-refractivity contribution in [2.45, 2.75) is 0 Å². The van der Waals surface area contributed by atoms with Gasteiger partial charge in [-0.1, -0.05) is 0 Å². The molecule has 0 N–H and O–H groups in total. The molecule has 21 heavy (non-hydrogen) atoms. The second-order valence-corrected chi connectivity index (χ2v) is 8.15. The molecule has 0 aliphatic heterocycles. The summed E-state index contributed by atoms with van der Waals surface area (Å²) in [5.74, 6) is 0. The first-order valence-corrected chi connectivity index (χ1v) is 9.28. The Bertz CT molecular complexity index is 986. The topological polar surface area (TPSA) is 34.9 Å². The van der Waals surface area contributed by atoms with Crippen LogP contribution in [0.25, 0.3) is 32.2 Å². The Morgan fingerprint density at radius 3 is 2.76 bits per heavy atom. The number of thiophene rings is 1. The Balaban J connectivity index is 1.88. The van der Waals surface area contributed by atoms with Gasteiger partial charge in [-0.3, -0.25) is 0 Å². The Morgan fingerprint density at radius 2 is 1.90 bits per heavy atom. The zero-order valence-corrected chi connectivity index (χ0v) is 16.3. The number of carbonyl (C=O) groups is 1. The van der Waals surface area contributed by atoms with E-state index in [4.69, 9.17) is 0 Å². The molecule has 0 atom stereocenters. The first-order valence-electron chi connectivity index (χ1n) is 6.46. The summed E-state index contributed by atoms with van der Waals surface area (Å²) in [6.07, 6.45) is 2.81. The number of benzene rings is 2. The molecule has 3 nitrogen and oxygen atoms in total. The monoisotopic (exact) mass is 482 g/mol. The molecular formula is C16H9N2OSTl. The molecule has 0 saturated carbocycles. The van der Waals surface area contributed by atoms with E-state index in [0.717, 1.165) is 64.0 Å². The zero-order valence-electron chi connectivity index (χ0n) is 11.0. The van der Waals surface area contributed by atoms with Crippen molar-refractivity contribution in [3.05, 3.63) is 53.7 Å². The van der Waals surface area contributed by atoms with Gasteiger partial charge in [0, 0.05) is 0 Å². The number of carbonyl (C=O) groups excluding carboxylic acids is 1. The molecule has 0 amide bonds. The Morgan fingerprint density at radius 1 is 1.10 bits per heavy atom. The molecule has 5 heteroatoms. The fraction of sp³-hybridized carbons (Fsp3) is 0. The van der Waals surface area contributed by atoms with E-state index in [1.807, 2.05) is 12.4 Å². The first-order chi connectivity index (χ1) is 10.2. The van der Waals surface area contributed by atoms with Crippen LogP contribution in [0.15, 0.2) is 48.8 Å². The zero-order chi connectivity index (χ0) is 14.4. The van der Waals surface area contributed by atoms with E-state index in [-0.39, 0.29) is 0 Å². The Labute approximate surface area is 141 Å². The van der Waals surface area contributed by atoms with E-state index >= 15 is 0 Å². The van der Waals surface area contributed by atoms with Gasteiger partial charge in [0.25, 0.3) is 0 Å². The third kappa shape index (κ3) is 2.22. The number of fused-ring (bicyclic) bond motifs is 2. The van der Waals surface area contributed by atoms with Crippen molar-refractivity contribution in [1.82, 2.24) is 7.36 Å². The normalized spacial score (nSPS) is 11.2. The van der Waals surface area contributed by atoms with E-state index in [0.29, 0.717) is 0 Å². The predicted molar refractivity (Wildman–Crippen MR) is 87.1 cm³/mol. The summed E-state index contributed by atoms with van der Waals surface area (Å²) >= 11 is 2.26. The molecule has 4 aromatic rings. The molecule has 98 valence electrons. The van der Waals surface area contributed by atoms with Gasteiger partial charge in [0.1, 0.15) is 0 Å². The number of aromatic nitrogens is 2. The third-order valence-electron chi connectivity index (χ3n) is 3.56. The average molecular weight is 482 g/mol. The summed E-state index contributed by atoms with van der Waals surface area (Å²) in [7, 11) is 0. The van der Waals surface area contributed by atoms with Crippen LogP contribution in [0.4, 0.5) is 0 Å². The summed E-state index contributed by atoms with van der Waals surface area (Å²) in [5, 5.41) is 1.12. The molecule has 0 bridgehead atoms. The van der Waals surface area contributed by atoms with E-state index in [1.54, 1.807) is 0 Å². The predicted octanol–water partition coefficient (Wildman–Crippen LogP) is 3.66. The second-order valence-electron chi connectivity index (χ2n) is 4.87. The minimum atomic E-state index is 0.731. The molecule has 0 aliphatic carbocycles. The van der Waals surface area contributed by atoms with E-state index < -0.39 is 0 Å². The summed E-state index contributed by atoms with van der Waals surface area (Å²) in [6, 6.07) is 14.7. The number of hydrogen-bond donors (Lipinski definition) is 0. The molecule has 0 aliphatic rings. The number of imidazole rings is 1. The molecule has 0 saturated heterocycles. The molecule has 0 fully saturated rings. The van der Waals surface area contributed by atoms with Crippen LogP contribution in [0.3, 0.4) is 0 Å². The molecular weight excluding hydrogens is 473 g/mol. The molecule has 0 unspecified atom stereocenters. The molecule has 2 heterocycles. The summed E-state index contributed by atoms with van der Waals surface area (Å²) in [4.78, 5) is 16.1. The fourth-order valence-electron chi connectivity index (χ4n) is 2.51. The van der Waals surface area contributed by atoms with Crippen molar-refractivity contribution in [2.75, 3.05) is 0 Å². The number of nitrogens with zero attached hydrogens (tertiary/aromatic N) is 2. The standard InChI is InChI=1S/C16H9N2OS.Tl/c19-8-13-6-12-5-10(2-4-16(12)20-13)11-1-3-14-15(7-11)18-9-17-14;/h1-9H;/q-1;+1. The molecule has 0 spiro atoms. The number of hydrogen-bond acceptors (Lipinski definition) is 3. The van der Waals surface area contributed by atoms with Crippen molar-refractivity contribution in [3.8, 4) is 11.1 Å². The van der Waals surface area contributed by atoms with Gasteiger partial charge in [-0.05, 0) is 0 Å². The van der Waals surface area contributed by atoms with Crippen LogP contribution in [-0.4, -0.2) is 39.7 Å². The van der Waals surface area contributed by atoms with E-state index in [2.05, 4.69) is 43.8 Å². The molecule has 4 rings (SSSR count). The van der Waals surface area contributed by atoms with Crippen LogP contribution < -0.4 is 0 Å². The van der Waals surface area contributed by atoms with Crippen molar-refractivity contribution in [3.63, 3.8) is 0 Å². The molecule has 2 aromatic heterocycles. The van der Waals surface area contributed by atoms with Crippen LogP contribution >= 0.6 is 11.3 Å². The van der Waals surface area contributed by atoms with Gasteiger partial charge in [-0.15, -0.1) is 0 Å². The maximum absolute atomic E-state index is 10.9. The Hall–Kier alpha value is -1.54. The van der Waals surface area contributed by atoms with Crippen molar-refractivity contribution in [2.24, 2.45) is 0 Å². The van der Waals surface area contributed by atoms with Gasteiger partial charge in [0.05, 0.1) is 0 Å². The maximum atomic E-state index is 10.9. The first kappa shape index (κ1) is 13.1. The second kappa shape index (κ2) is 5.03. The molecule has 2 aromatic carbocycles. The van der Waals surface area contributed by atoms with Gasteiger partial charge < -0.3 is 0 Å². The Kier molecular flexibility index (Phi) is 3.15.